The maximum absolute atomic E-state index is 13.3. The zero-order valence-corrected chi connectivity index (χ0v) is 20.0. The molecule has 0 unspecified atom stereocenters. The SMILES string of the molecule is CCCCn1c2ccccc2c2cc(C(=O)N[C@@H](Cc3ccccc3)C(=O)OCC)nc(C)c21. The number of carbonyl (C=O) groups excluding carboxylic acids is 2. The van der Waals surface area contributed by atoms with Crippen LogP contribution in [0.25, 0.3) is 21.8 Å². The summed E-state index contributed by atoms with van der Waals surface area (Å²) in [6.07, 6.45) is 2.51. The second-order valence-corrected chi connectivity index (χ2v) is 8.48. The standard InChI is InChI=1S/C28H31N3O3/c1-4-6-16-31-25-15-11-10-14-21(25)22-18-23(29-19(3)26(22)31)27(32)30-24(28(33)34-5-2)17-20-12-8-7-9-13-20/h7-15,18,24H,4-6,16-17H2,1-3H3,(H,30,32)/t24-/m0/s1. The van der Waals surface area contributed by atoms with E-state index in [2.05, 4.69) is 33.9 Å². The third-order valence-corrected chi connectivity index (χ3v) is 6.05. The van der Waals surface area contributed by atoms with Crippen LogP contribution in [0.15, 0.2) is 60.7 Å². The summed E-state index contributed by atoms with van der Waals surface area (Å²) in [4.78, 5) is 30.5. The molecule has 0 bridgehead atoms. The minimum absolute atomic E-state index is 0.251. The van der Waals surface area contributed by atoms with E-state index in [4.69, 9.17) is 4.74 Å². The van der Waals surface area contributed by atoms with Gasteiger partial charge in [0.05, 0.1) is 17.8 Å². The van der Waals surface area contributed by atoms with Crippen LogP contribution in [0, 0.1) is 6.92 Å². The number of aryl methyl sites for hydroxylation is 2. The fourth-order valence-corrected chi connectivity index (χ4v) is 4.45. The Bertz CT molecular complexity index is 1310. The van der Waals surface area contributed by atoms with E-state index in [1.54, 1.807) is 6.92 Å². The molecule has 1 atom stereocenters. The van der Waals surface area contributed by atoms with Crippen LogP contribution in [0.4, 0.5) is 0 Å². The van der Waals surface area contributed by atoms with Gasteiger partial charge in [0.15, 0.2) is 0 Å². The second kappa shape index (κ2) is 10.5. The lowest BCUT2D eigenvalue weighted by Crippen LogP contribution is -2.43. The number of unbranched alkanes of at least 4 members (excludes halogenated alkanes) is 1. The van der Waals surface area contributed by atoms with Crippen LogP contribution in [0.5, 0.6) is 0 Å². The highest BCUT2D eigenvalue weighted by Gasteiger charge is 2.25. The quantitative estimate of drug-likeness (QED) is 0.351. The van der Waals surface area contributed by atoms with Gasteiger partial charge in [-0.2, -0.15) is 0 Å². The van der Waals surface area contributed by atoms with Crippen molar-refractivity contribution in [2.24, 2.45) is 0 Å². The molecule has 2 aromatic heterocycles. The molecule has 0 aliphatic rings. The van der Waals surface area contributed by atoms with Crippen LogP contribution < -0.4 is 5.32 Å². The van der Waals surface area contributed by atoms with Crippen LogP contribution in [-0.4, -0.2) is 34.1 Å². The highest BCUT2D eigenvalue weighted by atomic mass is 16.5. The van der Waals surface area contributed by atoms with Gasteiger partial charge in [0.1, 0.15) is 11.7 Å². The first-order valence-electron chi connectivity index (χ1n) is 11.9. The van der Waals surface area contributed by atoms with Crippen molar-refractivity contribution in [3.8, 4) is 0 Å². The van der Waals surface area contributed by atoms with Gasteiger partial charge >= 0.3 is 5.97 Å². The number of nitrogens with zero attached hydrogens (tertiary/aromatic N) is 2. The number of pyridine rings is 1. The Morgan fingerprint density at radius 1 is 1.03 bits per heavy atom. The molecule has 6 nitrogen and oxygen atoms in total. The molecule has 1 amide bonds. The van der Waals surface area contributed by atoms with Crippen molar-refractivity contribution in [2.45, 2.75) is 52.6 Å². The Hall–Kier alpha value is -3.67. The van der Waals surface area contributed by atoms with E-state index in [1.165, 1.54) is 0 Å². The number of hydrogen-bond donors (Lipinski definition) is 1. The number of nitrogens with one attached hydrogen (secondary N) is 1. The van der Waals surface area contributed by atoms with Gasteiger partial charge in [-0.1, -0.05) is 61.9 Å². The van der Waals surface area contributed by atoms with Gasteiger partial charge in [-0.05, 0) is 38.0 Å². The number of benzene rings is 2. The third-order valence-electron chi connectivity index (χ3n) is 6.05. The number of fused-ring (bicyclic) bond motifs is 3. The minimum atomic E-state index is -0.793. The predicted octanol–water partition coefficient (Wildman–Crippen LogP) is 5.20. The summed E-state index contributed by atoms with van der Waals surface area (Å²) in [5.74, 6) is -0.835. The topological polar surface area (TPSA) is 73.2 Å². The first-order chi connectivity index (χ1) is 16.5. The van der Waals surface area contributed by atoms with Gasteiger partial charge in [0.2, 0.25) is 0 Å². The lowest BCUT2D eigenvalue weighted by molar-refractivity contribution is -0.145. The number of ether oxygens (including phenoxy) is 1. The highest BCUT2D eigenvalue weighted by molar-refractivity contribution is 6.11. The molecule has 0 spiro atoms. The number of esters is 1. The molecule has 0 saturated heterocycles. The van der Waals surface area contributed by atoms with E-state index in [0.717, 1.165) is 52.4 Å². The number of amides is 1. The molecule has 0 fully saturated rings. The molecule has 1 N–H and O–H groups in total. The van der Waals surface area contributed by atoms with Gasteiger partial charge < -0.3 is 14.6 Å². The smallest absolute Gasteiger partial charge is 0.328 e. The molecule has 4 rings (SSSR count). The molecule has 0 aliphatic heterocycles. The van der Waals surface area contributed by atoms with Crippen molar-refractivity contribution in [3.63, 3.8) is 0 Å². The number of rotatable bonds is 9. The summed E-state index contributed by atoms with van der Waals surface area (Å²) in [5, 5.41) is 4.96. The first kappa shape index (κ1) is 23.5. The Morgan fingerprint density at radius 3 is 2.50 bits per heavy atom. The lowest BCUT2D eigenvalue weighted by atomic mass is 10.1. The van der Waals surface area contributed by atoms with E-state index < -0.39 is 12.0 Å². The minimum Gasteiger partial charge on any atom is -0.464 e. The fourth-order valence-electron chi connectivity index (χ4n) is 4.45. The van der Waals surface area contributed by atoms with Crippen LogP contribution in [0.1, 0.15) is 48.4 Å². The van der Waals surface area contributed by atoms with E-state index in [0.29, 0.717) is 12.1 Å². The van der Waals surface area contributed by atoms with Crippen molar-refractivity contribution in [1.29, 1.82) is 0 Å². The van der Waals surface area contributed by atoms with Crippen molar-refractivity contribution < 1.29 is 14.3 Å². The molecular formula is C28H31N3O3. The summed E-state index contributed by atoms with van der Waals surface area (Å²) in [5.41, 5.74) is 4.23. The van der Waals surface area contributed by atoms with Crippen LogP contribution in [0.2, 0.25) is 0 Å². The predicted molar refractivity (Wildman–Crippen MR) is 135 cm³/mol. The summed E-state index contributed by atoms with van der Waals surface area (Å²) < 4.78 is 7.53. The lowest BCUT2D eigenvalue weighted by Gasteiger charge is -2.17. The average Bonchev–Trinajstić information content (AvgIpc) is 3.17. The van der Waals surface area contributed by atoms with Crippen LogP contribution in [-0.2, 0) is 22.5 Å². The van der Waals surface area contributed by atoms with Gasteiger partial charge in [-0.3, -0.25) is 4.79 Å². The molecule has 2 heterocycles. The number of para-hydroxylation sites is 1. The number of hydrogen-bond acceptors (Lipinski definition) is 4. The summed E-state index contributed by atoms with van der Waals surface area (Å²) in [7, 11) is 0. The monoisotopic (exact) mass is 457 g/mol. The molecule has 176 valence electrons. The van der Waals surface area contributed by atoms with E-state index in [9.17, 15) is 9.59 Å². The molecule has 34 heavy (non-hydrogen) atoms. The van der Waals surface area contributed by atoms with E-state index >= 15 is 0 Å². The molecule has 2 aromatic carbocycles. The van der Waals surface area contributed by atoms with Crippen molar-refractivity contribution in [1.82, 2.24) is 14.9 Å². The summed E-state index contributed by atoms with van der Waals surface area (Å²) in [6.45, 7) is 7.02. The molecule has 0 aliphatic carbocycles. The Morgan fingerprint density at radius 2 is 1.76 bits per heavy atom. The van der Waals surface area contributed by atoms with E-state index in [1.807, 2.05) is 55.5 Å². The van der Waals surface area contributed by atoms with Gasteiger partial charge in [-0.15, -0.1) is 0 Å². The first-order valence-corrected chi connectivity index (χ1v) is 11.9. The molecule has 4 aromatic rings. The van der Waals surface area contributed by atoms with Crippen LogP contribution >= 0.6 is 0 Å². The fraction of sp³-hybridized carbons (Fsp3) is 0.321. The van der Waals surface area contributed by atoms with Crippen molar-refractivity contribution in [2.75, 3.05) is 6.61 Å². The second-order valence-electron chi connectivity index (χ2n) is 8.48. The van der Waals surface area contributed by atoms with Gasteiger partial charge in [-0.25, -0.2) is 9.78 Å². The maximum atomic E-state index is 13.3. The van der Waals surface area contributed by atoms with Gasteiger partial charge in [0.25, 0.3) is 5.91 Å². The summed E-state index contributed by atoms with van der Waals surface area (Å²) >= 11 is 0. The largest absolute Gasteiger partial charge is 0.464 e. The maximum Gasteiger partial charge on any atom is 0.328 e. The Labute approximate surface area is 199 Å². The van der Waals surface area contributed by atoms with E-state index in [-0.39, 0.29) is 12.5 Å². The Balaban J connectivity index is 1.70. The third kappa shape index (κ3) is 4.81. The number of carbonyl (C=O) groups is 2. The number of aromatic nitrogens is 2. The van der Waals surface area contributed by atoms with Crippen molar-refractivity contribution in [3.05, 3.63) is 77.6 Å². The molecule has 6 heteroatoms. The molecular weight excluding hydrogens is 426 g/mol. The molecule has 0 saturated carbocycles. The normalized spacial score (nSPS) is 12.1. The average molecular weight is 458 g/mol. The van der Waals surface area contributed by atoms with Crippen LogP contribution in [0.3, 0.4) is 0 Å². The highest BCUT2D eigenvalue weighted by Crippen LogP contribution is 2.31. The molecule has 0 radical (unpaired) electrons. The summed E-state index contributed by atoms with van der Waals surface area (Å²) in [6, 6.07) is 18.9. The Kier molecular flexibility index (Phi) is 7.26. The zero-order chi connectivity index (χ0) is 24.1. The van der Waals surface area contributed by atoms with Crippen molar-refractivity contribution >= 4 is 33.7 Å². The zero-order valence-electron chi connectivity index (χ0n) is 20.0. The van der Waals surface area contributed by atoms with Gasteiger partial charge in [0, 0.05) is 29.3 Å².